The molecule has 1 aromatic heterocycles. The van der Waals surface area contributed by atoms with Gasteiger partial charge in [-0.3, -0.25) is 4.79 Å². The Bertz CT molecular complexity index is 682. The molecule has 0 saturated heterocycles. The van der Waals surface area contributed by atoms with Gasteiger partial charge in [0.15, 0.2) is 0 Å². The lowest BCUT2D eigenvalue weighted by molar-refractivity contribution is 0.412. The Kier molecular flexibility index (Phi) is 5.07. The standard InChI is InChI=1S/C16H19BrN2O2/c1-4-19-10-13(6-8-16(19)20)18-11(2)12-5-7-15(21-3)14(17)9-12/h5-11,18H,4H2,1-3H3. The van der Waals surface area contributed by atoms with Crippen LogP contribution >= 0.6 is 15.9 Å². The first kappa shape index (κ1) is 15.6. The SMILES string of the molecule is CCn1cc(NC(C)c2ccc(OC)c(Br)c2)ccc1=O. The zero-order valence-corrected chi connectivity index (χ0v) is 14.0. The van der Waals surface area contributed by atoms with E-state index in [-0.39, 0.29) is 11.6 Å². The summed E-state index contributed by atoms with van der Waals surface area (Å²) in [5.74, 6) is 0.811. The Morgan fingerprint density at radius 1 is 1.33 bits per heavy atom. The molecule has 21 heavy (non-hydrogen) atoms. The number of rotatable bonds is 5. The normalized spacial score (nSPS) is 12.0. The summed E-state index contributed by atoms with van der Waals surface area (Å²) in [4.78, 5) is 11.6. The lowest BCUT2D eigenvalue weighted by atomic mass is 10.1. The predicted octanol–water partition coefficient (Wildman–Crippen LogP) is 3.81. The number of halogens is 1. The summed E-state index contributed by atoms with van der Waals surface area (Å²) < 4.78 is 7.84. The van der Waals surface area contributed by atoms with Gasteiger partial charge in [0.1, 0.15) is 5.75 Å². The quantitative estimate of drug-likeness (QED) is 0.891. The minimum absolute atomic E-state index is 0.0166. The van der Waals surface area contributed by atoms with E-state index < -0.39 is 0 Å². The number of pyridine rings is 1. The molecule has 1 unspecified atom stereocenters. The molecule has 1 heterocycles. The largest absolute Gasteiger partial charge is 0.496 e. The van der Waals surface area contributed by atoms with Gasteiger partial charge in [0.05, 0.1) is 17.3 Å². The molecule has 0 amide bonds. The Morgan fingerprint density at radius 2 is 2.10 bits per heavy atom. The molecule has 0 saturated carbocycles. The van der Waals surface area contributed by atoms with Crippen LogP contribution in [0.3, 0.4) is 0 Å². The highest BCUT2D eigenvalue weighted by molar-refractivity contribution is 9.10. The van der Waals surface area contributed by atoms with E-state index in [1.807, 2.05) is 37.4 Å². The molecule has 1 aromatic carbocycles. The van der Waals surface area contributed by atoms with Gasteiger partial charge in [-0.15, -0.1) is 0 Å². The summed E-state index contributed by atoms with van der Waals surface area (Å²) in [6, 6.07) is 9.51. The van der Waals surface area contributed by atoms with Gasteiger partial charge < -0.3 is 14.6 Å². The lowest BCUT2D eigenvalue weighted by Crippen LogP contribution is -2.18. The number of benzene rings is 1. The van der Waals surface area contributed by atoms with Crippen molar-refractivity contribution in [2.24, 2.45) is 0 Å². The van der Waals surface area contributed by atoms with Gasteiger partial charge >= 0.3 is 0 Å². The van der Waals surface area contributed by atoms with Crippen LogP contribution in [0.4, 0.5) is 5.69 Å². The number of hydrogen-bond acceptors (Lipinski definition) is 3. The van der Waals surface area contributed by atoms with Crippen LogP contribution in [0.25, 0.3) is 0 Å². The first-order chi connectivity index (χ1) is 10.0. The Hall–Kier alpha value is -1.75. The van der Waals surface area contributed by atoms with E-state index in [9.17, 15) is 4.79 Å². The average Bonchev–Trinajstić information content (AvgIpc) is 2.49. The summed E-state index contributed by atoms with van der Waals surface area (Å²) in [6.45, 7) is 4.70. The number of nitrogens with one attached hydrogen (secondary N) is 1. The Labute approximate surface area is 132 Å². The Balaban J connectivity index is 2.19. The molecule has 1 atom stereocenters. The minimum Gasteiger partial charge on any atom is -0.496 e. The second-order valence-corrected chi connectivity index (χ2v) is 5.66. The van der Waals surface area contributed by atoms with Crippen LogP contribution in [0.15, 0.2) is 45.8 Å². The van der Waals surface area contributed by atoms with Gasteiger partial charge in [0, 0.05) is 24.8 Å². The number of aryl methyl sites for hydroxylation is 1. The van der Waals surface area contributed by atoms with E-state index in [4.69, 9.17) is 4.74 Å². The van der Waals surface area contributed by atoms with Gasteiger partial charge in [-0.05, 0) is 53.5 Å². The number of nitrogens with zero attached hydrogens (tertiary/aromatic N) is 1. The average molecular weight is 351 g/mol. The van der Waals surface area contributed by atoms with Gasteiger partial charge in [-0.1, -0.05) is 6.07 Å². The van der Waals surface area contributed by atoms with Crippen LogP contribution in [0.2, 0.25) is 0 Å². The molecule has 5 heteroatoms. The smallest absolute Gasteiger partial charge is 0.250 e. The summed E-state index contributed by atoms with van der Waals surface area (Å²) in [5, 5.41) is 3.40. The highest BCUT2D eigenvalue weighted by Gasteiger charge is 2.09. The fourth-order valence-electron chi connectivity index (χ4n) is 2.15. The molecule has 0 aliphatic carbocycles. The van der Waals surface area contributed by atoms with Gasteiger partial charge in [-0.2, -0.15) is 0 Å². The second-order valence-electron chi connectivity index (χ2n) is 4.80. The molecule has 4 nitrogen and oxygen atoms in total. The number of aromatic nitrogens is 1. The molecule has 2 aromatic rings. The number of ether oxygens (including phenoxy) is 1. The van der Waals surface area contributed by atoms with Gasteiger partial charge in [0.25, 0.3) is 5.56 Å². The lowest BCUT2D eigenvalue weighted by Gasteiger charge is -2.17. The van der Waals surface area contributed by atoms with Gasteiger partial charge in [0.2, 0.25) is 0 Å². The van der Waals surface area contributed by atoms with Crippen molar-refractivity contribution in [3.05, 3.63) is 56.9 Å². The molecule has 1 N–H and O–H groups in total. The molecule has 0 aliphatic rings. The third-order valence-corrected chi connectivity index (χ3v) is 4.00. The van der Waals surface area contributed by atoms with Crippen molar-refractivity contribution in [3.63, 3.8) is 0 Å². The van der Waals surface area contributed by atoms with Crippen LogP contribution in [0, 0.1) is 0 Å². The highest BCUT2D eigenvalue weighted by atomic mass is 79.9. The van der Waals surface area contributed by atoms with Crippen molar-refractivity contribution in [1.82, 2.24) is 4.57 Å². The Morgan fingerprint density at radius 3 is 2.71 bits per heavy atom. The number of hydrogen-bond donors (Lipinski definition) is 1. The van der Waals surface area contributed by atoms with Gasteiger partial charge in [-0.25, -0.2) is 0 Å². The van der Waals surface area contributed by atoms with E-state index >= 15 is 0 Å². The molecule has 0 radical (unpaired) electrons. The van der Waals surface area contributed by atoms with Crippen LogP contribution in [-0.2, 0) is 6.54 Å². The maximum Gasteiger partial charge on any atom is 0.250 e. The van der Waals surface area contributed by atoms with E-state index in [1.54, 1.807) is 17.7 Å². The van der Waals surface area contributed by atoms with Crippen LogP contribution in [0.1, 0.15) is 25.5 Å². The summed E-state index contributed by atoms with van der Waals surface area (Å²) in [6.07, 6.45) is 1.84. The van der Waals surface area contributed by atoms with E-state index in [0.29, 0.717) is 6.54 Å². The maximum absolute atomic E-state index is 11.6. The first-order valence-electron chi connectivity index (χ1n) is 6.85. The van der Waals surface area contributed by atoms with Crippen LogP contribution < -0.4 is 15.6 Å². The van der Waals surface area contributed by atoms with Crippen molar-refractivity contribution < 1.29 is 4.74 Å². The fraction of sp³-hybridized carbons (Fsp3) is 0.312. The molecular weight excluding hydrogens is 332 g/mol. The first-order valence-corrected chi connectivity index (χ1v) is 7.65. The van der Waals surface area contributed by atoms with E-state index in [2.05, 4.69) is 28.2 Å². The van der Waals surface area contributed by atoms with Crippen molar-refractivity contribution in [3.8, 4) is 5.75 Å². The molecule has 112 valence electrons. The third kappa shape index (κ3) is 3.67. The molecule has 0 aliphatic heterocycles. The number of methoxy groups -OCH3 is 1. The summed E-state index contributed by atoms with van der Waals surface area (Å²) >= 11 is 3.50. The monoisotopic (exact) mass is 350 g/mol. The summed E-state index contributed by atoms with van der Waals surface area (Å²) in [5.41, 5.74) is 2.08. The van der Waals surface area contributed by atoms with E-state index in [1.165, 1.54) is 0 Å². The van der Waals surface area contributed by atoms with Crippen LogP contribution in [0.5, 0.6) is 5.75 Å². The number of anilines is 1. The molecule has 0 spiro atoms. The van der Waals surface area contributed by atoms with Crippen molar-refractivity contribution >= 4 is 21.6 Å². The summed E-state index contributed by atoms with van der Waals surface area (Å²) in [7, 11) is 1.65. The zero-order chi connectivity index (χ0) is 15.4. The minimum atomic E-state index is 0.0166. The van der Waals surface area contributed by atoms with Crippen molar-refractivity contribution in [1.29, 1.82) is 0 Å². The topological polar surface area (TPSA) is 43.3 Å². The molecular formula is C16H19BrN2O2. The highest BCUT2D eigenvalue weighted by Crippen LogP contribution is 2.29. The van der Waals surface area contributed by atoms with E-state index in [0.717, 1.165) is 21.5 Å². The predicted molar refractivity (Wildman–Crippen MR) is 89.1 cm³/mol. The van der Waals surface area contributed by atoms with Crippen molar-refractivity contribution in [2.75, 3.05) is 12.4 Å². The van der Waals surface area contributed by atoms with Crippen molar-refractivity contribution in [2.45, 2.75) is 26.4 Å². The molecule has 0 fully saturated rings. The maximum atomic E-state index is 11.6. The zero-order valence-electron chi connectivity index (χ0n) is 12.4. The molecule has 2 rings (SSSR count). The third-order valence-electron chi connectivity index (χ3n) is 3.38. The fourth-order valence-corrected chi connectivity index (χ4v) is 2.71. The van der Waals surface area contributed by atoms with Crippen LogP contribution in [-0.4, -0.2) is 11.7 Å². The molecule has 0 bridgehead atoms. The second kappa shape index (κ2) is 6.80.